The Kier molecular flexibility index (Phi) is 4.63. The van der Waals surface area contributed by atoms with E-state index in [1.165, 1.54) is 12.1 Å². The summed E-state index contributed by atoms with van der Waals surface area (Å²) < 4.78 is 40.1. The zero-order valence-electron chi connectivity index (χ0n) is 12.1. The van der Waals surface area contributed by atoms with Crippen molar-refractivity contribution in [2.45, 2.75) is 44.0 Å². The molecule has 0 aromatic heterocycles. The lowest BCUT2D eigenvalue weighted by Crippen LogP contribution is -2.32. The van der Waals surface area contributed by atoms with Crippen molar-refractivity contribution in [2.24, 2.45) is 0 Å². The van der Waals surface area contributed by atoms with E-state index in [9.17, 15) is 17.6 Å². The van der Waals surface area contributed by atoms with Gasteiger partial charge in [0.1, 0.15) is 5.82 Å². The highest BCUT2D eigenvalue weighted by molar-refractivity contribution is 7.89. The average molecular weight is 314 g/mol. The molecule has 0 atom stereocenters. The van der Waals surface area contributed by atoms with Gasteiger partial charge in [-0.25, -0.2) is 17.5 Å². The average Bonchev–Trinajstić information content (AvgIpc) is 3.10. The predicted octanol–water partition coefficient (Wildman–Crippen LogP) is 1.39. The van der Waals surface area contributed by atoms with Crippen LogP contribution < -0.4 is 10.0 Å². The first-order valence-corrected chi connectivity index (χ1v) is 8.33. The van der Waals surface area contributed by atoms with Crippen LogP contribution in [0, 0.1) is 19.7 Å². The van der Waals surface area contributed by atoms with Crippen molar-refractivity contribution in [3.05, 3.63) is 29.1 Å². The smallest absolute Gasteiger partial charge is 0.241 e. The Morgan fingerprint density at radius 2 is 1.86 bits per heavy atom. The summed E-state index contributed by atoms with van der Waals surface area (Å²) in [5, 5.41) is 2.79. The molecule has 1 aromatic carbocycles. The number of nitrogens with one attached hydrogen (secondary N) is 2. The van der Waals surface area contributed by atoms with E-state index in [-0.39, 0.29) is 29.8 Å². The second-order valence-electron chi connectivity index (χ2n) is 5.36. The molecule has 116 valence electrons. The van der Waals surface area contributed by atoms with Gasteiger partial charge in [0.2, 0.25) is 15.9 Å². The van der Waals surface area contributed by atoms with Crippen molar-refractivity contribution in [2.75, 3.05) is 6.54 Å². The first kappa shape index (κ1) is 15.9. The first-order chi connectivity index (χ1) is 9.79. The summed E-state index contributed by atoms with van der Waals surface area (Å²) in [5.74, 6) is -0.625. The lowest BCUT2D eigenvalue weighted by Gasteiger charge is -2.12. The van der Waals surface area contributed by atoms with Gasteiger partial charge in [-0.1, -0.05) is 0 Å². The van der Waals surface area contributed by atoms with Crippen LogP contribution in [0.4, 0.5) is 4.39 Å². The molecule has 1 amide bonds. The van der Waals surface area contributed by atoms with Crippen LogP contribution in [0.25, 0.3) is 0 Å². The van der Waals surface area contributed by atoms with Gasteiger partial charge in [0.15, 0.2) is 0 Å². The van der Waals surface area contributed by atoms with Gasteiger partial charge in [0.05, 0.1) is 4.90 Å². The monoisotopic (exact) mass is 314 g/mol. The number of halogens is 1. The van der Waals surface area contributed by atoms with Gasteiger partial charge < -0.3 is 5.32 Å². The third kappa shape index (κ3) is 4.25. The number of amides is 1. The first-order valence-electron chi connectivity index (χ1n) is 6.85. The molecule has 1 saturated carbocycles. The molecule has 2 rings (SSSR count). The third-order valence-corrected chi connectivity index (χ3v) is 5.05. The highest BCUT2D eigenvalue weighted by Gasteiger charge is 2.24. The molecule has 0 spiro atoms. The molecule has 21 heavy (non-hydrogen) atoms. The van der Waals surface area contributed by atoms with Crippen LogP contribution in [0.2, 0.25) is 0 Å². The SMILES string of the molecule is Cc1cc(F)cc(C)c1S(=O)(=O)NCCC(=O)NC1CC1. The summed E-state index contributed by atoms with van der Waals surface area (Å²) in [4.78, 5) is 11.6. The lowest BCUT2D eigenvalue weighted by molar-refractivity contribution is -0.121. The van der Waals surface area contributed by atoms with E-state index in [4.69, 9.17) is 0 Å². The lowest BCUT2D eigenvalue weighted by atomic mass is 10.1. The van der Waals surface area contributed by atoms with Crippen LogP contribution in [0.1, 0.15) is 30.4 Å². The molecule has 0 heterocycles. The van der Waals surface area contributed by atoms with Crippen molar-refractivity contribution in [3.63, 3.8) is 0 Å². The van der Waals surface area contributed by atoms with Crippen LogP contribution in [0.3, 0.4) is 0 Å². The molecule has 1 aliphatic rings. The number of aryl methyl sites for hydroxylation is 2. The topological polar surface area (TPSA) is 75.3 Å². The van der Waals surface area contributed by atoms with Crippen LogP contribution in [-0.4, -0.2) is 26.9 Å². The van der Waals surface area contributed by atoms with Crippen LogP contribution >= 0.6 is 0 Å². The van der Waals surface area contributed by atoms with Crippen molar-refractivity contribution >= 4 is 15.9 Å². The summed E-state index contributed by atoms with van der Waals surface area (Å²) in [6, 6.07) is 2.62. The van der Waals surface area contributed by atoms with Crippen molar-refractivity contribution in [1.82, 2.24) is 10.0 Å². The van der Waals surface area contributed by atoms with Crippen LogP contribution in [0.5, 0.6) is 0 Å². The molecule has 1 aliphatic carbocycles. The standard InChI is InChI=1S/C14H19FN2O3S/c1-9-7-11(15)8-10(2)14(9)21(19,20)16-6-5-13(18)17-12-3-4-12/h7-8,12,16H,3-6H2,1-2H3,(H,17,18). The van der Waals surface area contributed by atoms with Crippen LogP contribution in [0.15, 0.2) is 17.0 Å². The van der Waals surface area contributed by atoms with E-state index in [0.717, 1.165) is 12.8 Å². The molecule has 0 radical (unpaired) electrons. The van der Waals surface area contributed by atoms with Crippen molar-refractivity contribution < 1.29 is 17.6 Å². The van der Waals surface area contributed by atoms with Gasteiger partial charge in [-0.05, 0) is 49.9 Å². The maximum atomic E-state index is 13.2. The summed E-state index contributed by atoms with van der Waals surface area (Å²) in [6.45, 7) is 3.12. The number of sulfonamides is 1. The number of carbonyl (C=O) groups excluding carboxylic acids is 1. The second-order valence-corrected chi connectivity index (χ2v) is 7.06. The fraction of sp³-hybridized carbons (Fsp3) is 0.500. The van der Waals surface area contributed by atoms with Crippen molar-refractivity contribution in [1.29, 1.82) is 0 Å². The Morgan fingerprint density at radius 1 is 1.29 bits per heavy atom. The number of benzene rings is 1. The molecule has 0 unspecified atom stereocenters. The molecule has 0 saturated heterocycles. The Hall–Kier alpha value is -1.47. The normalized spacial score (nSPS) is 15.0. The minimum absolute atomic E-state index is 0.0249. The van der Waals surface area contributed by atoms with Gasteiger partial charge in [0, 0.05) is 19.0 Å². The van der Waals surface area contributed by atoms with E-state index in [1.54, 1.807) is 13.8 Å². The van der Waals surface area contributed by atoms with Crippen LogP contribution in [-0.2, 0) is 14.8 Å². The summed E-state index contributed by atoms with van der Waals surface area (Å²) in [7, 11) is -3.74. The Balaban J connectivity index is 1.99. The number of hydrogen-bond acceptors (Lipinski definition) is 3. The maximum Gasteiger partial charge on any atom is 0.241 e. The Morgan fingerprint density at radius 3 is 2.38 bits per heavy atom. The highest BCUT2D eigenvalue weighted by Crippen LogP contribution is 2.21. The summed E-state index contributed by atoms with van der Waals surface area (Å²) >= 11 is 0. The molecule has 0 aliphatic heterocycles. The number of hydrogen-bond donors (Lipinski definition) is 2. The molecule has 2 N–H and O–H groups in total. The number of rotatable bonds is 6. The van der Waals surface area contributed by atoms with E-state index in [1.807, 2.05) is 0 Å². The highest BCUT2D eigenvalue weighted by atomic mass is 32.2. The minimum Gasteiger partial charge on any atom is -0.353 e. The minimum atomic E-state index is -3.74. The zero-order valence-corrected chi connectivity index (χ0v) is 12.9. The van der Waals surface area contributed by atoms with Gasteiger partial charge >= 0.3 is 0 Å². The van der Waals surface area contributed by atoms with Gasteiger partial charge in [-0.3, -0.25) is 4.79 Å². The Labute approximate surface area is 124 Å². The van der Waals surface area contributed by atoms with Gasteiger partial charge in [-0.2, -0.15) is 0 Å². The quantitative estimate of drug-likeness (QED) is 0.833. The Bertz CT molecular complexity index is 631. The molecule has 0 bridgehead atoms. The largest absolute Gasteiger partial charge is 0.353 e. The third-order valence-electron chi connectivity index (χ3n) is 3.28. The van der Waals surface area contributed by atoms with Crippen molar-refractivity contribution in [3.8, 4) is 0 Å². The maximum absolute atomic E-state index is 13.2. The zero-order chi connectivity index (χ0) is 15.6. The fourth-order valence-electron chi connectivity index (χ4n) is 2.22. The molecule has 7 heteroatoms. The molecular formula is C14H19FN2O3S. The molecular weight excluding hydrogens is 295 g/mol. The fourth-order valence-corrected chi connectivity index (χ4v) is 3.70. The molecule has 1 aromatic rings. The van der Waals surface area contributed by atoms with E-state index >= 15 is 0 Å². The second kappa shape index (κ2) is 6.11. The summed E-state index contributed by atoms with van der Waals surface area (Å²) in [6.07, 6.45) is 2.08. The van der Waals surface area contributed by atoms with E-state index in [0.29, 0.717) is 11.1 Å². The summed E-state index contributed by atoms with van der Waals surface area (Å²) in [5.41, 5.74) is 0.699. The predicted molar refractivity (Wildman–Crippen MR) is 76.8 cm³/mol. The molecule has 1 fully saturated rings. The molecule has 5 nitrogen and oxygen atoms in total. The number of carbonyl (C=O) groups is 1. The van der Waals surface area contributed by atoms with Gasteiger partial charge in [0.25, 0.3) is 0 Å². The van der Waals surface area contributed by atoms with E-state index < -0.39 is 15.8 Å². The van der Waals surface area contributed by atoms with E-state index in [2.05, 4.69) is 10.0 Å². The van der Waals surface area contributed by atoms with Gasteiger partial charge in [-0.15, -0.1) is 0 Å².